The summed E-state index contributed by atoms with van der Waals surface area (Å²) < 4.78 is 39.0. The first kappa shape index (κ1) is 22.6. The number of hydrogen-bond acceptors (Lipinski definition) is 5. The summed E-state index contributed by atoms with van der Waals surface area (Å²) in [6.07, 6.45) is -1.29. The van der Waals surface area contributed by atoms with Gasteiger partial charge in [-0.1, -0.05) is 30.3 Å². The van der Waals surface area contributed by atoms with Crippen LogP contribution < -0.4 is 5.32 Å². The molecule has 0 amide bonds. The minimum absolute atomic E-state index is 0. The van der Waals surface area contributed by atoms with Crippen molar-refractivity contribution < 1.29 is 37.8 Å². The average Bonchev–Trinajstić information content (AvgIpc) is 2.72. The van der Waals surface area contributed by atoms with E-state index in [-0.39, 0.29) is 25.2 Å². The van der Waals surface area contributed by atoms with Gasteiger partial charge >= 0.3 is 6.18 Å². The first-order chi connectivity index (χ1) is 14.3. The molecule has 2 aromatic heterocycles. The maximum atomic E-state index is 13.0. The van der Waals surface area contributed by atoms with E-state index in [1.165, 1.54) is 12.1 Å². The van der Waals surface area contributed by atoms with Crippen molar-refractivity contribution >= 4 is 16.9 Å². The molecule has 154 valence electrons. The molecule has 2 aromatic carbocycles. The van der Waals surface area contributed by atoms with E-state index in [0.717, 1.165) is 23.2 Å². The zero-order valence-corrected chi connectivity index (χ0v) is 19.5. The third-order valence-electron chi connectivity index (χ3n) is 4.73. The van der Waals surface area contributed by atoms with Crippen molar-refractivity contribution in [2.24, 2.45) is 0 Å². The van der Waals surface area contributed by atoms with Crippen LogP contribution in [0.3, 0.4) is 0 Å². The fourth-order valence-electron chi connectivity index (χ4n) is 3.23. The Morgan fingerprint density at radius 1 is 0.935 bits per heavy atom. The number of alkyl halides is 3. The van der Waals surface area contributed by atoms with Gasteiger partial charge in [0.1, 0.15) is 11.3 Å². The topological polar surface area (TPSA) is 70.9 Å². The molecule has 4 rings (SSSR count). The number of aromatic hydroxyl groups is 1. The number of phenolic OH excluding ortho intramolecular Hbond substituents is 1. The molecule has 1 unspecified atom stereocenters. The number of nitrogens with one attached hydrogen (secondary N) is 1. The van der Waals surface area contributed by atoms with Crippen LogP contribution in [0.1, 0.15) is 28.4 Å². The van der Waals surface area contributed by atoms with Gasteiger partial charge in [0, 0.05) is 48.5 Å². The van der Waals surface area contributed by atoms with Crippen LogP contribution >= 0.6 is 0 Å². The predicted octanol–water partition coefficient (Wildman–Crippen LogP) is 5.26. The molecule has 2 heterocycles. The number of pyridine rings is 1. The predicted molar refractivity (Wildman–Crippen MR) is 107 cm³/mol. The van der Waals surface area contributed by atoms with Crippen LogP contribution in [0.25, 0.3) is 10.9 Å². The van der Waals surface area contributed by atoms with E-state index in [9.17, 15) is 18.3 Å². The number of hydrogen-bond donors (Lipinski definition) is 2. The average molecular weight is 476 g/mol. The number of anilines is 1. The molecule has 0 fully saturated rings. The molecule has 0 spiro atoms. The molecule has 0 aliphatic heterocycles. The molecule has 0 aliphatic carbocycles. The van der Waals surface area contributed by atoms with E-state index in [4.69, 9.17) is 0 Å². The van der Waals surface area contributed by atoms with Crippen LogP contribution in [0.2, 0.25) is 0 Å². The summed E-state index contributed by atoms with van der Waals surface area (Å²) in [5, 5.41) is 14.7. The van der Waals surface area contributed by atoms with Crippen LogP contribution in [0.4, 0.5) is 19.1 Å². The van der Waals surface area contributed by atoms with Gasteiger partial charge in [0.2, 0.25) is 5.95 Å². The quantitative estimate of drug-likeness (QED) is 0.394. The van der Waals surface area contributed by atoms with Gasteiger partial charge in [0.05, 0.1) is 11.6 Å². The molecule has 0 saturated heterocycles. The number of rotatable bonds is 4. The van der Waals surface area contributed by atoms with Crippen molar-refractivity contribution in [1.82, 2.24) is 15.0 Å². The second kappa shape index (κ2) is 8.98. The molecule has 5 nitrogen and oxygen atoms in total. The van der Waals surface area contributed by atoms with Gasteiger partial charge in [0.25, 0.3) is 0 Å². The van der Waals surface area contributed by atoms with Crippen molar-refractivity contribution in [3.8, 4) is 5.75 Å². The molecule has 0 radical (unpaired) electrons. The number of aryl methyl sites for hydroxylation is 1. The Morgan fingerprint density at radius 3 is 2.35 bits per heavy atom. The standard InChI is InChI=1S/C22H17F3N4O.Zn/c1-13-10-12-27-21(28-13)29-18(15-4-7-16(8-5-15)22(23,24)25)17-9-6-14-3-2-11-26-19(14)20(17)30;/h2-12,18,30H,1H3,(H,27,28,29);. The van der Waals surface area contributed by atoms with E-state index in [2.05, 4.69) is 20.3 Å². The van der Waals surface area contributed by atoms with Gasteiger partial charge < -0.3 is 10.4 Å². The molecular formula is C22H17F3N4OZn. The molecule has 0 saturated carbocycles. The first-order valence-corrected chi connectivity index (χ1v) is 9.13. The molecule has 9 heteroatoms. The molecular weight excluding hydrogens is 459 g/mol. The fraction of sp³-hybridized carbons (Fsp3) is 0.136. The monoisotopic (exact) mass is 474 g/mol. The largest absolute Gasteiger partial charge is 0.505 e. The number of phenols is 1. The van der Waals surface area contributed by atoms with Crippen molar-refractivity contribution in [2.45, 2.75) is 19.1 Å². The van der Waals surface area contributed by atoms with Crippen molar-refractivity contribution in [3.05, 3.63) is 89.4 Å². The minimum Gasteiger partial charge on any atom is -0.505 e. The Kier molecular flexibility index (Phi) is 6.55. The van der Waals surface area contributed by atoms with Crippen molar-refractivity contribution in [2.75, 3.05) is 5.32 Å². The fourth-order valence-corrected chi connectivity index (χ4v) is 3.23. The van der Waals surface area contributed by atoms with Crippen molar-refractivity contribution in [3.63, 3.8) is 0 Å². The summed E-state index contributed by atoms with van der Waals surface area (Å²) in [5.41, 5.74) is 1.34. The van der Waals surface area contributed by atoms with E-state index in [1.807, 2.05) is 6.07 Å². The Labute approximate surface area is 189 Å². The molecule has 4 aromatic rings. The van der Waals surface area contributed by atoms with Crippen LogP contribution in [-0.4, -0.2) is 20.1 Å². The van der Waals surface area contributed by atoms with Gasteiger partial charge in [-0.15, -0.1) is 0 Å². The Hall–Kier alpha value is -3.06. The molecule has 0 aliphatic rings. The Bertz CT molecular complexity index is 1200. The molecule has 2 N–H and O–H groups in total. The zero-order valence-electron chi connectivity index (χ0n) is 16.6. The van der Waals surface area contributed by atoms with Crippen LogP contribution in [0.15, 0.2) is 67.0 Å². The number of fused-ring (bicyclic) bond motifs is 1. The maximum absolute atomic E-state index is 13.0. The zero-order chi connectivity index (χ0) is 21.3. The third-order valence-corrected chi connectivity index (χ3v) is 4.73. The van der Waals surface area contributed by atoms with Crippen molar-refractivity contribution in [1.29, 1.82) is 0 Å². The molecule has 31 heavy (non-hydrogen) atoms. The molecule has 0 bridgehead atoms. The number of nitrogens with zero attached hydrogens (tertiary/aromatic N) is 3. The summed E-state index contributed by atoms with van der Waals surface area (Å²) in [6, 6.07) is 12.9. The summed E-state index contributed by atoms with van der Waals surface area (Å²) in [5.74, 6) is 0.235. The number of halogens is 3. The third kappa shape index (κ3) is 4.82. The van der Waals surface area contributed by atoms with Gasteiger partial charge in [-0.3, -0.25) is 4.98 Å². The summed E-state index contributed by atoms with van der Waals surface area (Å²) >= 11 is 0. The Balaban J connectivity index is 0.00000272. The first-order valence-electron chi connectivity index (χ1n) is 9.13. The SMILES string of the molecule is Cc1ccnc(NC(c2ccc(C(F)(F)F)cc2)c2ccc3cccnc3c2O)n1.[Zn]. The van der Waals surface area contributed by atoms with Crippen LogP contribution in [-0.2, 0) is 25.7 Å². The van der Waals surface area contributed by atoms with Gasteiger partial charge in [0.15, 0.2) is 0 Å². The van der Waals surface area contributed by atoms with Gasteiger partial charge in [-0.25, -0.2) is 9.97 Å². The van der Waals surface area contributed by atoms with Crippen LogP contribution in [0, 0.1) is 6.92 Å². The van der Waals surface area contributed by atoms with E-state index in [1.54, 1.807) is 43.6 Å². The Morgan fingerprint density at radius 2 is 1.68 bits per heavy atom. The minimum atomic E-state index is -4.43. The number of benzene rings is 2. The normalized spacial score (nSPS) is 12.3. The smallest absolute Gasteiger partial charge is 0.416 e. The van der Waals surface area contributed by atoms with Crippen LogP contribution in [0.5, 0.6) is 5.75 Å². The summed E-state index contributed by atoms with van der Waals surface area (Å²) in [4.78, 5) is 12.7. The summed E-state index contributed by atoms with van der Waals surface area (Å²) in [7, 11) is 0. The maximum Gasteiger partial charge on any atom is 0.416 e. The molecule has 1 atom stereocenters. The number of aromatic nitrogens is 3. The second-order valence-corrected chi connectivity index (χ2v) is 6.80. The summed E-state index contributed by atoms with van der Waals surface area (Å²) in [6.45, 7) is 1.80. The van der Waals surface area contributed by atoms with E-state index in [0.29, 0.717) is 22.6 Å². The van der Waals surface area contributed by atoms with E-state index >= 15 is 0 Å². The van der Waals surface area contributed by atoms with E-state index < -0.39 is 17.8 Å². The van der Waals surface area contributed by atoms with Gasteiger partial charge in [-0.2, -0.15) is 13.2 Å². The second-order valence-electron chi connectivity index (χ2n) is 6.80. The van der Waals surface area contributed by atoms with Gasteiger partial charge in [-0.05, 0) is 36.8 Å².